The summed E-state index contributed by atoms with van der Waals surface area (Å²) in [6.07, 6.45) is 6.66. The number of fused-ring (bicyclic) bond motifs is 5. The molecule has 6 heteroatoms. The van der Waals surface area contributed by atoms with Crippen LogP contribution in [0.25, 0.3) is 0 Å². The maximum Gasteiger partial charge on any atom is 0.240 e. The Kier molecular flexibility index (Phi) is 3.48. The minimum absolute atomic E-state index is 0.167. The summed E-state index contributed by atoms with van der Waals surface area (Å²) in [4.78, 5) is 42.6. The number of carbonyl (C=O) groups is 3. The summed E-state index contributed by atoms with van der Waals surface area (Å²) in [6.45, 7) is 2.02. The Labute approximate surface area is 139 Å². The van der Waals surface area contributed by atoms with Crippen molar-refractivity contribution >= 4 is 17.7 Å². The lowest BCUT2D eigenvalue weighted by Gasteiger charge is -2.16. The van der Waals surface area contributed by atoms with Crippen LogP contribution in [-0.4, -0.2) is 34.2 Å². The summed E-state index contributed by atoms with van der Waals surface area (Å²) in [5, 5.41) is 2.75. The molecule has 4 atom stereocenters. The standard InChI is InChI=1S/C18H19N3O3/c1-10-3-2-6-19-13(10)8-20-14(22)9-21-17(23)15-11-4-5-12(7-11)16(15)18(21)24/h2-6,11-12,15-16H,7-9H2,1H3,(H,20,22)/t11-,12-,15-,16+/m0/s1. The molecule has 3 aliphatic rings. The van der Waals surface area contributed by atoms with Crippen LogP contribution >= 0.6 is 0 Å². The van der Waals surface area contributed by atoms with E-state index >= 15 is 0 Å². The van der Waals surface area contributed by atoms with Gasteiger partial charge >= 0.3 is 0 Å². The number of amides is 3. The molecule has 1 saturated carbocycles. The van der Waals surface area contributed by atoms with Crippen molar-refractivity contribution in [2.24, 2.45) is 23.7 Å². The number of rotatable bonds is 4. The van der Waals surface area contributed by atoms with Gasteiger partial charge in [-0.1, -0.05) is 18.2 Å². The quantitative estimate of drug-likeness (QED) is 0.656. The van der Waals surface area contributed by atoms with Crippen molar-refractivity contribution in [3.05, 3.63) is 41.7 Å². The second-order valence-electron chi connectivity index (χ2n) is 6.81. The molecule has 4 rings (SSSR count). The number of pyridine rings is 1. The van der Waals surface area contributed by atoms with E-state index in [0.29, 0.717) is 6.54 Å². The Morgan fingerprint density at radius 2 is 1.92 bits per heavy atom. The number of aryl methyl sites for hydroxylation is 1. The lowest BCUT2D eigenvalue weighted by atomic mass is 9.85. The summed E-state index contributed by atoms with van der Waals surface area (Å²) in [5.74, 6) is -0.878. The zero-order valence-corrected chi connectivity index (χ0v) is 13.4. The highest BCUT2D eigenvalue weighted by Crippen LogP contribution is 2.52. The lowest BCUT2D eigenvalue weighted by molar-refractivity contribution is -0.144. The third-order valence-electron chi connectivity index (χ3n) is 5.43. The Morgan fingerprint density at radius 1 is 1.25 bits per heavy atom. The van der Waals surface area contributed by atoms with Crippen LogP contribution in [0.15, 0.2) is 30.5 Å². The number of hydrogen-bond donors (Lipinski definition) is 1. The molecule has 2 aliphatic carbocycles. The molecule has 1 aromatic rings. The van der Waals surface area contributed by atoms with Gasteiger partial charge in [-0.05, 0) is 36.8 Å². The van der Waals surface area contributed by atoms with E-state index in [1.165, 1.54) is 0 Å². The fraction of sp³-hybridized carbons (Fsp3) is 0.444. The van der Waals surface area contributed by atoms with E-state index < -0.39 is 0 Å². The van der Waals surface area contributed by atoms with Gasteiger partial charge in [0.05, 0.1) is 24.1 Å². The molecule has 3 amide bonds. The average molecular weight is 325 g/mol. The molecule has 24 heavy (non-hydrogen) atoms. The highest BCUT2D eigenvalue weighted by atomic mass is 16.2. The molecule has 0 spiro atoms. The maximum absolute atomic E-state index is 12.5. The first-order valence-electron chi connectivity index (χ1n) is 8.27. The number of allylic oxidation sites excluding steroid dienone is 2. The number of aromatic nitrogens is 1. The summed E-state index contributed by atoms with van der Waals surface area (Å²) >= 11 is 0. The van der Waals surface area contributed by atoms with Crippen LogP contribution in [0, 0.1) is 30.6 Å². The smallest absolute Gasteiger partial charge is 0.240 e. The van der Waals surface area contributed by atoms with E-state index in [1.807, 2.05) is 31.2 Å². The highest BCUT2D eigenvalue weighted by molar-refractivity contribution is 6.08. The largest absolute Gasteiger partial charge is 0.349 e. The molecule has 124 valence electrons. The molecule has 1 saturated heterocycles. The van der Waals surface area contributed by atoms with Gasteiger partial charge in [0.25, 0.3) is 0 Å². The van der Waals surface area contributed by atoms with Crippen molar-refractivity contribution in [3.8, 4) is 0 Å². The van der Waals surface area contributed by atoms with Gasteiger partial charge in [0, 0.05) is 6.20 Å². The number of likely N-dealkylation sites (tertiary alicyclic amines) is 1. The fourth-order valence-corrected chi connectivity index (χ4v) is 4.21. The lowest BCUT2D eigenvalue weighted by Crippen LogP contribution is -2.41. The first kappa shape index (κ1) is 15.1. The Bertz CT molecular complexity index is 728. The maximum atomic E-state index is 12.5. The summed E-state index contributed by atoms with van der Waals surface area (Å²) in [6, 6.07) is 3.76. The Balaban J connectivity index is 1.39. The third-order valence-corrected chi connectivity index (χ3v) is 5.43. The number of nitrogens with one attached hydrogen (secondary N) is 1. The monoisotopic (exact) mass is 325 g/mol. The van der Waals surface area contributed by atoms with Crippen LogP contribution in [0.3, 0.4) is 0 Å². The highest BCUT2D eigenvalue weighted by Gasteiger charge is 2.59. The molecule has 6 nitrogen and oxygen atoms in total. The van der Waals surface area contributed by atoms with Gasteiger partial charge in [-0.3, -0.25) is 24.3 Å². The normalized spacial score (nSPS) is 30.1. The molecule has 0 aromatic carbocycles. The first-order chi connectivity index (χ1) is 11.6. The van der Waals surface area contributed by atoms with E-state index in [-0.39, 0.29) is 47.9 Å². The topological polar surface area (TPSA) is 79.4 Å². The Hall–Kier alpha value is -2.50. The molecule has 1 aliphatic heterocycles. The van der Waals surface area contributed by atoms with Crippen LogP contribution in [0.2, 0.25) is 0 Å². The Morgan fingerprint density at radius 3 is 2.54 bits per heavy atom. The van der Waals surface area contributed by atoms with E-state index in [2.05, 4.69) is 10.3 Å². The van der Waals surface area contributed by atoms with Gasteiger partial charge in [-0.2, -0.15) is 0 Å². The van der Waals surface area contributed by atoms with Crippen LogP contribution < -0.4 is 5.32 Å². The minimum atomic E-state index is -0.331. The molecular formula is C18H19N3O3. The van der Waals surface area contributed by atoms with E-state index in [1.54, 1.807) is 6.20 Å². The molecule has 2 bridgehead atoms. The van der Waals surface area contributed by atoms with Crippen molar-refractivity contribution in [3.63, 3.8) is 0 Å². The molecule has 1 aromatic heterocycles. The summed E-state index contributed by atoms with van der Waals surface area (Å²) < 4.78 is 0. The summed E-state index contributed by atoms with van der Waals surface area (Å²) in [7, 11) is 0. The van der Waals surface area contributed by atoms with Gasteiger partial charge in [0.2, 0.25) is 17.7 Å². The molecule has 2 fully saturated rings. The molecule has 1 N–H and O–H groups in total. The fourth-order valence-electron chi connectivity index (χ4n) is 4.21. The SMILES string of the molecule is Cc1cccnc1CNC(=O)CN1C(=O)[C@@H]2[C@H](C1=O)[C@H]1C=C[C@H]2C1. The number of nitrogens with zero attached hydrogens (tertiary/aromatic N) is 2. The van der Waals surface area contributed by atoms with Crippen molar-refractivity contribution in [2.75, 3.05) is 6.54 Å². The number of imide groups is 1. The number of hydrogen-bond acceptors (Lipinski definition) is 4. The van der Waals surface area contributed by atoms with Gasteiger partial charge in [0.15, 0.2) is 0 Å². The summed E-state index contributed by atoms with van der Waals surface area (Å²) in [5.41, 5.74) is 1.77. The third kappa shape index (κ3) is 2.25. The average Bonchev–Trinajstić information content (AvgIpc) is 3.24. The van der Waals surface area contributed by atoms with E-state index in [0.717, 1.165) is 22.6 Å². The van der Waals surface area contributed by atoms with Gasteiger partial charge in [-0.15, -0.1) is 0 Å². The molecule has 0 radical (unpaired) electrons. The van der Waals surface area contributed by atoms with Crippen molar-refractivity contribution in [1.29, 1.82) is 0 Å². The van der Waals surface area contributed by atoms with Crippen LogP contribution in [-0.2, 0) is 20.9 Å². The van der Waals surface area contributed by atoms with Crippen molar-refractivity contribution < 1.29 is 14.4 Å². The van der Waals surface area contributed by atoms with Gasteiger partial charge in [-0.25, -0.2) is 0 Å². The first-order valence-corrected chi connectivity index (χ1v) is 8.27. The van der Waals surface area contributed by atoms with Crippen LogP contribution in [0.5, 0.6) is 0 Å². The van der Waals surface area contributed by atoms with Crippen molar-refractivity contribution in [1.82, 2.24) is 15.2 Å². The minimum Gasteiger partial charge on any atom is -0.349 e. The van der Waals surface area contributed by atoms with Crippen molar-refractivity contribution in [2.45, 2.75) is 19.9 Å². The molecular weight excluding hydrogens is 306 g/mol. The van der Waals surface area contributed by atoms with Crippen LogP contribution in [0.4, 0.5) is 0 Å². The van der Waals surface area contributed by atoms with E-state index in [4.69, 9.17) is 0 Å². The second kappa shape index (κ2) is 5.54. The van der Waals surface area contributed by atoms with Gasteiger partial charge in [0.1, 0.15) is 6.54 Å². The van der Waals surface area contributed by atoms with Crippen LogP contribution in [0.1, 0.15) is 17.7 Å². The second-order valence-corrected chi connectivity index (χ2v) is 6.81. The van der Waals surface area contributed by atoms with E-state index in [9.17, 15) is 14.4 Å². The number of carbonyl (C=O) groups excluding carboxylic acids is 3. The van der Waals surface area contributed by atoms with Gasteiger partial charge < -0.3 is 5.32 Å². The zero-order valence-electron chi connectivity index (χ0n) is 13.4. The predicted octanol–water partition coefficient (Wildman–Crippen LogP) is 0.813. The zero-order chi connectivity index (χ0) is 16.8. The molecule has 2 heterocycles. The molecule has 0 unspecified atom stereocenters. The predicted molar refractivity (Wildman–Crippen MR) is 85.3 cm³/mol.